The highest BCUT2D eigenvalue weighted by atomic mass is 35.5. The van der Waals surface area contributed by atoms with Crippen LogP contribution in [0.5, 0.6) is 11.5 Å². The highest BCUT2D eigenvalue weighted by molar-refractivity contribution is 6.04. The lowest BCUT2D eigenvalue weighted by atomic mass is 10.2. The van der Waals surface area contributed by atoms with Crippen molar-refractivity contribution in [3.05, 3.63) is 188 Å². The SMILES string of the molecule is Cl.O=C(Nc1ccc(Oc2ccnc3[nH]ccc23)c(F)c1)c1cccn(Cc2ccc(F)cc2)c1=O.O=C(O)c1cccn(Cc2ccc(F)cc2)c1=O. The number of fused-ring (bicyclic) bond motifs is 1. The number of carboxylic acid groups (broad SMARTS) is 1. The van der Waals surface area contributed by atoms with Crippen molar-refractivity contribution in [1.29, 1.82) is 0 Å². The van der Waals surface area contributed by atoms with Gasteiger partial charge in [-0.2, -0.15) is 0 Å². The number of pyridine rings is 3. The number of aromatic nitrogens is 4. The van der Waals surface area contributed by atoms with Gasteiger partial charge in [-0.3, -0.25) is 14.4 Å². The van der Waals surface area contributed by atoms with E-state index in [0.717, 1.165) is 11.6 Å². The first-order chi connectivity index (χ1) is 25.5. The van der Waals surface area contributed by atoms with E-state index < -0.39 is 28.8 Å². The number of hydrogen-bond acceptors (Lipinski definition) is 6. The predicted molar refractivity (Wildman–Crippen MR) is 197 cm³/mol. The van der Waals surface area contributed by atoms with E-state index in [9.17, 15) is 32.3 Å². The number of H-pyrrole nitrogens is 1. The van der Waals surface area contributed by atoms with E-state index in [1.165, 1.54) is 76.1 Å². The number of amides is 1. The number of carboxylic acids is 1. The number of hydrogen-bond donors (Lipinski definition) is 3. The largest absolute Gasteiger partial charge is 0.477 e. The van der Waals surface area contributed by atoms with E-state index in [2.05, 4.69) is 15.3 Å². The fourth-order valence-corrected chi connectivity index (χ4v) is 5.23. The van der Waals surface area contributed by atoms with Gasteiger partial charge in [0, 0.05) is 36.5 Å². The highest BCUT2D eigenvalue weighted by Crippen LogP contribution is 2.31. The molecule has 0 aliphatic carbocycles. The molecule has 7 aromatic rings. The molecule has 0 aliphatic rings. The number of aromatic carboxylic acids is 1. The van der Waals surface area contributed by atoms with Crippen molar-refractivity contribution in [1.82, 2.24) is 19.1 Å². The number of rotatable bonds is 9. The molecule has 274 valence electrons. The highest BCUT2D eigenvalue weighted by Gasteiger charge is 2.15. The fourth-order valence-electron chi connectivity index (χ4n) is 5.23. The minimum atomic E-state index is -1.26. The van der Waals surface area contributed by atoms with Gasteiger partial charge in [0.15, 0.2) is 11.6 Å². The molecule has 0 unspecified atom stereocenters. The Hall–Kier alpha value is -6.93. The molecule has 0 radical (unpaired) electrons. The minimum Gasteiger partial charge on any atom is -0.477 e. The Morgan fingerprint density at radius 2 is 1.31 bits per heavy atom. The Morgan fingerprint density at radius 3 is 1.89 bits per heavy atom. The van der Waals surface area contributed by atoms with Crippen LogP contribution in [0.2, 0.25) is 0 Å². The molecule has 0 spiro atoms. The number of halogens is 4. The average molecular weight is 756 g/mol. The second kappa shape index (κ2) is 17.1. The number of nitrogens with one attached hydrogen (secondary N) is 2. The second-order valence-electron chi connectivity index (χ2n) is 11.5. The van der Waals surface area contributed by atoms with Crippen LogP contribution in [-0.4, -0.2) is 36.1 Å². The molecule has 0 saturated heterocycles. The van der Waals surface area contributed by atoms with Crippen LogP contribution in [0.1, 0.15) is 31.8 Å². The molecule has 4 aromatic heterocycles. The van der Waals surface area contributed by atoms with Gasteiger partial charge in [-0.05, 0) is 83.9 Å². The van der Waals surface area contributed by atoms with Gasteiger partial charge in [-0.25, -0.2) is 22.9 Å². The number of carbonyl (C=O) groups is 2. The van der Waals surface area contributed by atoms with Crippen molar-refractivity contribution >= 4 is 41.0 Å². The first kappa shape index (κ1) is 38.3. The first-order valence-electron chi connectivity index (χ1n) is 15.9. The molecule has 0 fully saturated rings. The van der Waals surface area contributed by atoms with Crippen molar-refractivity contribution in [2.45, 2.75) is 13.1 Å². The summed E-state index contributed by atoms with van der Waals surface area (Å²) < 4.78 is 48.9. The number of aromatic amines is 1. The van der Waals surface area contributed by atoms with Crippen LogP contribution in [0.3, 0.4) is 0 Å². The number of benzene rings is 3. The van der Waals surface area contributed by atoms with Crippen LogP contribution in [0.25, 0.3) is 11.0 Å². The van der Waals surface area contributed by atoms with Crippen LogP contribution in [0.15, 0.2) is 138 Å². The smallest absolute Gasteiger partial charge is 0.341 e. The third kappa shape index (κ3) is 9.10. The van der Waals surface area contributed by atoms with Crippen molar-refractivity contribution < 1.29 is 32.6 Å². The molecule has 0 aliphatic heterocycles. The van der Waals surface area contributed by atoms with Gasteiger partial charge >= 0.3 is 5.97 Å². The molecule has 4 heterocycles. The number of nitrogens with zero attached hydrogens (tertiary/aromatic N) is 3. The average Bonchev–Trinajstić information content (AvgIpc) is 3.63. The summed E-state index contributed by atoms with van der Waals surface area (Å²) in [5.41, 5.74) is 0.712. The topological polar surface area (TPSA) is 148 Å². The summed E-state index contributed by atoms with van der Waals surface area (Å²) in [5, 5.41) is 12.1. The molecule has 54 heavy (non-hydrogen) atoms. The summed E-state index contributed by atoms with van der Waals surface area (Å²) in [7, 11) is 0. The second-order valence-corrected chi connectivity index (χ2v) is 11.5. The molecule has 0 bridgehead atoms. The maximum atomic E-state index is 14.7. The van der Waals surface area contributed by atoms with Gasteiger partial charge in [0.05, 0.1) is 18.5 Å². The Morgan fingerprint density at radius 1 is 0.741 bits per heavy atom. The standard InChI is InChI=1S/C26H18F2N4O3.C13H10FNO3.ClH/c27-17-5-3-16(4-6-17)15-32-13-1-2-20(26(32)34)25(33)31-18-7-8-23(21(28)14-18)35-22-10-12-30-24-19(22)9-11-29-24;14-10-5-3-9(4-6-10)8-15-7-1-2-11(12(15)16)13(17)18;/h1-14H,15H2,(H,29,30)(H,31,33);1-7H,8H2,(H,17,18);1H. The molecule has 1 amide bonds. The van der Waals surface area contributed by atoms with Crippen LogP contribution >= 0.6 is 12.4 Å². The minimum absolute atomic E-state index is 0. The zero-order valence-corrected chi connectivity index (χ0v) is 28.7. The Bertz CT molecular complexity index is 2560. The Balaban J connectivity index is 0.000000249. The molecule has 0 atom stereocenters. The molecule has 0 saturated carbocycles. The summed E-state index contributed by atoms with van der Waals surface area (Å²) in [5.74, 6) is -2.96. The van der Waals surface area contributed by atoms with Crippen molar-refractivity contribution in [2.75, 3.05) is 5.32 Å². The zero-order valence-electron chi connectivity index (χ0n) is 27.9. The van der Waals surface area contributed by atoms with E-state index in [-0.39, 0.29) is 59.7 Å². The number of anilines is 1. The fraction of sp³-hybridized carbons (Fsp3) is 0.0513. The van der Waals surface area contributed by atoms with Crippen LogP contribution in [0, 0.1) is 17.5 Å². The molecular weight excluding hydrogens is 727 g/mol. The van der Waals surface area contributed by atoms with Gasteiger partial charge < -0.3 is 29.3 Å². The molecule has 15 heteroatoms. The van der Waals surface area contributed by atoms with Crippen molar-refractivity contribution in [3.8, 4) is 11.5 Å². The number of ether oxygens (including phenoxy) is 1. The van der Waals surface area contributed by atoms with Crippen LogP contribution < -0.4 is 21.2 Å². The summed E-state index contributed by atoms with van der Waals surface area (Å²) in [4.78, 5) is 55.3. The normalized spacial score (nSPS) is 10.5. The van der Waals surface area contributed by atoms with Crippen molar-refractivity contribution in [2.24, 2.45) is 0 Å². The summed E-state index contributed by atoms with van der Waals surface area (Å²) in [6, 6.07) is 24.5. The van der Waals surface area contributed by atoms with Gasteiger partial charge in [-0.1, -0.05) is 24.3 Å². The van der Waals surface area contributed by atoms with Gasteiger partial charge in [-0.15, -0.1) is 12.4 Å². The van der Waals surface area contributed by atoms with Gasteiger partial charge in [0.25, 0.3) is 17.0 Å². The third-order valence-corrected chi connectivity index (χ3v) is 7.88. The Kier molecular flexibility index (Phi) is 12.1. The lowest BCUT2D eigenvalue weighted by Gasteiger charge is -2.11. The molecule has 11 nitrogen and oxygen atoms in total. The van der Waals surface area contributed by atoms with E-state index in [4.69, 9.17) is 9.84 Å². The van der Waals surface area contributed by atoms with Gasteiger partial charge in [0.1, 0.15) is 34.2 Å². The van der Waals surface area contributed by atoms with E-state index in [1.54, 1.807) is 54.9 Å². The molecular formula is C39H29ClF3N5O6. The quantitative estimate of drug-likeness (QED) is 0.141. The summed E-state index contributed by atoms with van der Waals surface area (Å²) in [6.07, 6.45) is 6.28. The zero-order chi connectivity index (χ0) is 37.5. The van der Waals surface area contributed by atoms with E-state index >= 15 is 0 Å². The Labute approximate surface area is 310 Å². The van der Waals surface area contributed by atoms with E-state index in [1.807, 2.05) is 0 Å². The van der Waals surface area contributed by atoms with Crippen LogP contribution in [0.4, 0.5) is 18.9 Å². The number of carbonyl (C=O) groups excluding carboxylic acids is 1. The first-order valence-corrected chi connectivity index (χ1v) is 15.9. The summed E-state index contributed by atoms with van der Waals surface area (Å²) >= 11 is 0. The molecule has 7 rings (SSSR count). The lowest BCUT2D eigenvalue weighted by molar-refractivity contribution is 0.0694. The van der Waals surface area contributed by atoms with E-state index in [0.29, 0.717) is 22.3 Å². The lowest BCUT2D eigenvalue weighted by Crippen LogP contribution is -2.29. The predicted octanol–water partition coefficient (Wildman–Crippen LogP) is 7.25. The maximum absolute atomic E-state index is 14.7. The molecule has 3 aromatic carbocycles. The third-order valence-electron chi connectivity index (χ3n) is 7.88. The maximum Gasteiger partial charge on any atom is 0.341 e. The van der Waals surface area contributed by atoms with Gasteiger partial charge in [0.2, 0.25) is 0 Å². The molecule has 3 N–H and O–H groups in total. The van der Waals surface area contributed by atoms with Crippen molar-refractivity contribution in [3.63, 3.8) is 0 Å². The summed E-state index contributed by atoms with van der Waals surface area (Å²) in [6.45, 7) is 0.380. The van der Waals surface area contributed by atoms with Crippen LogP contribution in [-0.2, 0) is 13.1 Å². The monoisotopic (exact) mass is 755 g/mol.